The maximum absolute atomic E-state index is 13.1. The Labute approximate surface area is 607 Å². The first-order chi connectivity index (χ1) is 47.7. The number of ether oxygens (including phenoxy) is 4. The molecule has 99 heavy (non-hydrogen) atoms. The zero-order valence-electron chi connectivity index (χ0n) is 65.1. The predicted octanol–water partition coefficient (Wildman–Crippen LogP) is 23.6. The number of carbonyl (C=O) groups excluding carboxylic acids is 4. The molecule has 0 saturated heterocycles. The number of unbranched alkanes of at least 4 members (excludes halogenated alkanes) is 41. The van der Waals surface area contributed by atoms with Gasteiger partial charge in [-0.15, -0.1) is 0 Å². The largest absolute Gasteiger partial charge is 0.472 e. The van der Waals surface area contributed by atoms with Crippen molar-refractivity contribution in [1.29, 1.82) is 0 Å². The van der Waals surface area contributed by atoms with Crippen molar-refractivity contribution in [2.24, 2.45) is 23.7 Å². The third-order valence-corrected chi connectivity index (χ3v) is 21.2. The highest BCUT2D eigenvalue weighted by Crippen LogP contribution is 2.45. The molecule has 0 aliphatic heterocycles. The quantitative estimate of drug-likeness (QED) is 0.0222. The molecule has 0 fully saturated rings. The van der Waals surface area contributed by atoms with Gasteiger partial charge >= 0.3 is 39.5 Å². The summed E-state index contributed by atoms with van der Waals surface area (Å²) in [5.41, 5.74) is 0. The third-order valence-electron chi connectivity index (χ3n) is 19.3. The molecule has 0 aromatic heterocycles. The molecule has 7 atom stereocenters. The third kappa shape index (κ3) is 71.5. The number of carbonyl (C=O) groups is 4. The van der Waals surface area contributed by atoms with Gasteiger partial charge in [-0.2, -0.15) is 0 Å². The summed E-state index contributed by atoms with van der Waals surface area (Å²) >= 11 is 0. The van der Waals surface area contributed by atoms with Gasteiger partial charge < -0.3 is 33.8 Å². The molecule has 0 aliphatic rings. The molecule has 0 heterocycles. The molecule has 17 nitrogen and oxygen atoms in total. The van der Waals surface area contributed by atoms with Crippen LogP contribution in [0.15, 0.2) is 0 Å². The van der Waals surface area contributed by atoms with Crippen molar-refractivity contribution in [3.8, 4) is 0 Å². The Bertz CT molecular complexity index is 1940. The fourth-order valence-corrected chi connectivity index (χ4v) is 13.8. The molecule has 0 spiro atoms. The first kappa shape index (κ1) is 97.1. The molecule has 588 valence electrons. The highest BCUT2D eigenvalue weighted by molar-refractivity contribution is 7.47. The lowest BCUT2D eigenvalue weighted by atomic mass is 9.99. The average Bonchev–Trinajstić information content (AvgIpc) is 1.08. The summed E-state index contributed by atoms with van der Waals surface area (Å²) in [7, 11) is -9.92. The monoisotopic (exact) mass is 1450 g/mol. The Morgan fingerprint density at radius 2 is 0.485 bits per heavy atom. The van der Waals surface area contributed by atoms with Crippen molar-refractivity contribution in [2.75, 3.05) is 39.6 Å². The van der Waals surface area contributed by atoms with Gasteiger partial charge in [0.05, 0.1) is 26.4 Å². The Hall–Kier alpha value is -1.94. The summed E-state index contributed by atoms with van der Waals surface area (Å²) in [6, 6.07) is 0. The molecular formula is C80H156O17P2. The molecule has 0 aliphatic carbocycles. The number of phosphoric acid groups is 2. The number of phosphoric ester groups is 2. The van der Waals surface area contributed by atoms with Crippen LogP contribution in [0.3, 0.4) is 0 Å². The first-order valence-corrected chi connectivity index (χ1v) is 44.3. The van der Waals surface area contributed by atoms with E-state index in [9.17, 15) is 43.2 Å². The van der Waals surface area contributed by atoms with Gasteiger partial charge in [0.1, 0.15) is 19.3 Å². The van der Waals surface area contributed by atoms with E-state index in [1.807, 2.05) is 0 Å². The van der Waals surface area contributed by atoms with Crippen LogP contribution in [0.25, 0.3) is 0 Å². The van der Waals surface area contributed by atoms with Gasteiger partial charge in [0.2, 0.25) is 0 Å². The molecule has 19 heteroatoms. The van der Waals surface area contributed by atoms with Crippen LogP contribution in [-0.4, -0.2) is 96.7 Å². The van der Waals surface area contributed by atoms with E-state index in [1.165, 1.54) is 205 Å². The second-order valence-electron chi connectivity index (χ2n) is 30.2. The Kier molecular flexibility index (Phi) is 67.8. The highest BCUT2D eigenvalue weighted by atomic mass is 31.2. The van der Waals surface area contributed by atoms with Gasteiger partial charge in [0.15, 0.2) is 12.2 Å². The lowest BCUT2D eigenvalue weighted by Gasteiger charge is -2.21. The minimum atomic E-state index is -4.96. The number of rotatable bonds is 77. The molecule has 0 aromatic rings. The van der Waals surface area contributed by atoms with E-state index >= 15 is 0 Å². The zero-order chi connectivity index (χ0) is 73.1. The van der Waals surface area contributed by atoms with E-state index in [1.54, 1.807) is 0 Å². The van der Waals surface area contributed by atoms with Gasteiger partial charge in [-0.1, -0.05) is 357 Å². The van der Waals surface area contributed by atoms with Crippen LogP contribution in [0.2, 0.25) is 0 Å². The zero-order valence-corrected chi connectivity index (χ0v) is 66.9. The molecule has 0 aromatic carbocycles. The number of aliphatic hydroxyl groups is 1. The lowest BCUT2D eigenvalue weighted by Crippen LogP contribution is -2.30. The van der Waals surface area contributed by atoms with E-state index in [2.05, 4.69) is 55.4 Å². The fourth-order valence-electron chi connectivity index (χ4n) is 12.2. The van der Waals surface area contributed by atoms with Crippen molar-refractivity contribution in [1.82, 2.24) is 0 Å². The van der Waals surface area contributed by atoms with Gasteiger partial charge in [-0.25, -0.2) is 9.13 Å². The number of aliphatic hydroxyl groups excluding tert-OH is 1. The summed E-state index contributed by atoms with van der Waals surface area (Å²) < 4.78 is 68.6. The van der Waals surface area contributed by atoms with Crippen molar-refractivity contribution < 1.29 is 80.2 Å². The van der Waals surface area contributed by atoms with E-state index in [0.29, 0.717) is 25.7 Å². The normalized spacial score (nSPS) is 14.6. The van der Waals surface area contributed by atoms with E-state index < -0.39 is 97.5 Å². The molecular weight excluding hydrogens is 1290 g/mol. The van der Waals surface area contributed by atoms with E-state index in [-0.39, 0.29) is 25.7 Å². The average molecular weight is 1450 g/mol. The Morgan fingerprint density at radius 3 is 0.717 bits per heavy atom. The van der Waals surface area contributed by atoms with Gasteiger partial charge in [-0.05, 0) is 49.4 Å². The molecule has 4 unspecified atom stereocenters. The number of hydrogen-bond donors (Lipinski definition) is 3. The van der Waals surface area contributed by atoms with Gasteiger partial charge in [-0.3, -0.25) is 37.3 Å². The molecule has 0 radical (unpaired) electrons. The first-order valence-electron chi connectivity index (χ1n) is 41.3. The number of hydrogen-bond acceptors (Lipinski definition) is 15. The van der Waals surface area contributed by atoms with Crippen LogP contribution in [0.1, 0.15) is 409 Å². The highest BCUT2D eigenvalue weighted by Gasteiger charge is 2.30. The van der Waals surface area contributed by atoms with Crippen molar-refractivity contribution >= 4 is 39.5 Å². The van der Waals surface area contributed by atoms with Crippen molar-refractivity contribution in [2.45, 2.75) is 427 Å². The van der Waals surface area contributed by atoms with E-state index in [4.69, 9.17) is 37.0 Å². The van der Waals surface area contributed by atoms with Crippen LogP contribution >= 0.6 is 15.6 Å². The molecule has 0 saturated carbocycles. The smallest absolute Gasteiger partial charge is 0.462 e. The van der Waals surface area contributed by atoms with Crippen molar-refractivity contribution in [3.63, 3.8) is 0 Å². The summed E-state index contributed by atoms with van der Waals surface area (Å²) in [5.74, 6) is 1.00. The SMILES string of the molecule is CCC(C)CCCCCCCCCCCCCCCCCCCCC(=O)OC[C@H](COP(=O)(O)OC[C@@H](O)COP(=O)(O)OC[C@@H](COC(=O)CCCCCCCCC(C)CC)OC(=O)CCCCCCCCCCCCCC(C)C)OC(=O)CCCCCCCCCCCCC(C)C. The topological polar surface area (TPSA) is 237 Å². The fraction of sp³-hybridized carbons (Fsp3) is 0.950. The Balaban J connectivity index is 5.18. The molecule has 3 N–H and O–H groups in total. The second-order valence-corrected chi connectivity index (χ2v) is 33.1. The second kappa shape index (κ2) is 69.1. The van der Waals surface area contributed by atoms with Crippen LogP contribution in [0, 0.1) is 23.7 Å². The standard InChI is InChI=1S/C80H156O17P2/c1-9-72(7)58-50-42-34-28-21-17-15-13-11-12-14-16-18-22-29-35-44-52-60-77(82)90-66-75(96-80(85)63-55-47-37-31-25-24-27-33-41-49-57-71(5)6)68-94-98(86,87)92-64-74(81)65-93-99(88,89)95-69-76(67-91-78(83)61-53-45-39-38-43-51-59-73(8)10-2)97-79(84)62-54-46-36-30-23-19-20-26-32-40-48-56-70(3)4/h70-76,81H,9-69H2,1-8H3,(H,86,87)(H,88,89)/t72?,73?,74-,75-,76-/m1/s1. The molecule has 0 bridgehead atoms. The van der Waals surface area contributed by atoms with Crippen LogP contribution in [0.4, 0.5) is 0 Å². The minimum absolute atomic E-state index is 0.105. The summed E-state index contributed by atoms with van der Waals surface area (Å²) in [6.07, 6.45) is 55.6. The minimum Gasteiger partial charge on any atom is -0.462 e. The van der Waals surface area contributed by atoms with Gasteiger partial charge in [0, 0.05) is 25.7 Å². The molecule has 0 amide bonds. The maximum Gasteiger partial charge on any atom is 0.472 e. The maximum atomic E-state index is 13.1. The summed E-state index contributed by atoms with van der Waals surface area (Å²) in [4.78, 5) is 72.9. The van der Waals surface area contributed by atoms with E-state index in [0.717, 1.165) is 120 Å². The predicted molar refractivity (Wildman–Crippen MR) is 404 cm³/mol. The number of esters is 4. The summed E-state index contributed by atoms with van der Waals surface area (Å²) in [6.45, 7) is 14.2. The van der Waals surface area contributed by atoms with Crippen LogP contribution in [0.5, 0.6) is 0 Å². The Morgan fingerprint density at radius 1 is 0.283 bits per heavy atom. The van der Waals surface area contributed by atoms with Crippen LogP contribution < -0.4 is 0 Å². The van der Waals surface area contributed by atoms with Crippen LogP contribution in [-0.2, 0) is 65.4 Å². The molecule has 0 rings (SSSR count). The summed E-state index contributed by atoms with van der Waals surface area (Å²) in [5, 5.41) is 10.6. The lowest BCUT2D eigenvalue weighted by molar-refractivity contribution is -0.161. The van der Waals surface area contributed by atoms with Gasteiger partial charge in [0.25, 0.3) is 0 Å². The van der Waals surface area contributed by atoms with Crippen molar-refractivity contribution in [3.05, 3.63) is 0 Å².